The lowest BCUT2D eigenvalue weighted by molar-refractivity contribution is 0.267. The smallest absolute Gasteiger partial charge is 0.129 e. The van der Waals surface area contributed by atoms with Gasteiger partial charge in [-0.3, -0.25) is 0 Å². The van der Waals surface area contributed by atoms with E-state index in [1.807, 2.05) is 6.07 Å². The molecule has 0 aliphatic rings. The van der Waals surface area contributed by atoms with Crippen LogP contribution in [0, 0.1) is 5.92 Å². The Hall–Kier alpha value is -1.16. The second-order valence-electron chi connectivity index (χ2n) is 4.26. The molecule has 1 aromatic heterocycles. The molecule has 1 heterocycles. The Labute approximate surface area is 97.1 Å². The molecule has 0 amide bonds. The average Bonchev–Trinajstić information content (AvgIpc) is 2.28. The van der Waals surface area contributed by atoms with Crippen LogP contribution in [-0.4, -0.2) is 27.7 Å². The second kappa shape index (κ2) is 6.43. The van der Waals surface area contributed by atoms with Crippen LogP contribution in [0.3, 0.4) is 0 Å². The van der Waals surface area contributed by atoms with Gasteiger partial charge in [0.25, 0.3) is 0 Å². The van der Waals surface area contributed by atoms with Crippen molar-refractivity contribution in [1.82, 2.24) is 9.97 Å². The summed E-state index contributed by atoms with van der Waals surface area (Å²) in [5.74, 6) is 1.31. The zero-order chi connectivity index (χ0) is 12.0. The number of anilines is 1. The van der Waals surface area contributed by atoms with Crippen LogP contribution in [-0.2, 0) is 6.42 Å². The summed E-state index contributed by atoms with van der Waals surface area (Å²) in [4.78, 5) is 8.34. The van der Waals surface area contributed by atoms with E-state index in [9.17, 15) is 0 Å². The Morgan fingerprint density at radius 3 is 2.69 bits per heavy atom. The molecule has 0 spiro atoms. The molecule has 1 aromatic rings. The molecule has 0 radical (unpaired) electrons. The van der Waals surface area contributed by atoms with E-state index < -0.39 is 0 Å². The number of aromatic nitrogens is 2. The van der Waals surface area contributed by atoms with Crippen molar-refractivity contribution in [3.63, 3.8) is 0 Å². The van der Waals surface area contributed by atoms with E-state index in [-0.39, 0.29) is 12.6 Å². The van der Waals surface area contributed by atoms with Crippen molar-refractivity contribution >= 4 is 5.82 Å². The average molecular weight is 223 g/mol. The maximum atomic E-state index is 8.99. The lowest BCUT2D eigenvalue weighted by atomic mass is 10.0. The minimum atomic E-state index is 0.196. The number of nitrogens with zero attached hydrogens (tertiary/aromatic N) is 2. The molecule has 1 unspecified atom stereocenters. The normalized spacial score (nSPS) is 12.8. The topological polar surface area (TPSA) is 58.0 Å². The molecule has 2 N–H and O–H groups in total. The molecule has 1 atom stereocenters. The van der Waals surface area contributed by atoms with Crippen LogP contribution in [0.2, 0.25) is 0 Å². The van der Waals surface area contributed by atoms with Crippen molar-refractivity contribution in [2.75, 3.05) is 11.9 Å². The molecular weight excluding hydrogens is 202 g/mol. The first-order valence-corrected chi connectivity index (χ1v) is 5.85. The van der Waals surface area contributed by atoms with Gasteiger partial charge in [0.15, 0.2) is 0 Å². The van der Waals surface area contributed by atoms with Gasteiger partial charge in [0.2, 0.25) is 0 Å². The fourth-order valence-electron chi connectivity index (χ4n) is 1.57. The quantitative estimate of drug-likeness (QED) is 0.773. The van der Waals surface area contributed by atoms with Crippen LogP contribution < -0.4 is 5.32 Å². The maximum Gasteiger partial charge on any atom is 0.129 e. The Morgan fingerprint density at radius 1 is 1.38 bits per heavy atom. The summed E-state index contributed by atoms with van der Waals surface area (Å²) in [6.07, 6.45) is 3.23. The van der Waals surface area contributed by atoms with Gasteiger partial charge in [0.1, 0.15) is 12.1 Å². The van der Waals surface area contributed by atoms with Gasteiger partial charge >= 0.3 is 0 Å². The predicted octanol–water partition coefficient (Wildman–Crippen LogP) is 1.86. The number of nitrogens with one attached hydrogen (secondary N) is 1. The first-order chi connectivity index (χ1) is 7.67. The van der Waals surface area contributed by atoms with E-state index in [4.69, 9.17) is 5.11 Å². The molecule has 4 heteroatoms. The second-order valence-corrected chi connectivity index (χ2v) is 4.26. The fourth-order valence-corrected chi connectivity index (χ4v) is 1.57. The van der Waals surface area contributed by atoms with E-state index in [0.717, 1.165) is 24.4 Å². The van der Waals surface area contributed by atoms with Crippen LogP contribution in [0.5, 0.6) is 0 Å². The van der Waals surface area contributed by atoms with Crippen molar-refractivity contribution < 1.29 is 5.11 Å². The molecule has 0 aromatic carbocycles. The standard InChI is InChI=1S/C12H21N3O/c1-4-10-7-12(14-8-13-10)15-11(5-6-16)9(2)3/h7-9,11,16H,4-6H2,1-3H3,(H,13,14,15). The summed E-state index contributed by atoms with van der Waals surface area (Å²) in [6.45, 7) is 6.53. The molecule has 90 valence electrons. The highest BCUT2D eigenvalue weighted by Crippen LogP contribution is 2.13. The van der Waals surface area contributed by atoms with Gasteiger partial charge < -0.3 is 10.4 Å². The maximum absolute atomic E-state index is 8.99. The number of aliphatic hydroxyl groups is 1. The van der Waals surface area contributed by atoms with Crippen molar-refractivity contribution in [1.29, 1.82) is 0 Å². The molecular formula is C12H21N3O. The highest BCUT2D eigenvalue weighted by atomic mass is 16.3. The van der Waals surface area contributed by atoms with Crippen molar-refractivity contribution in [3.8, 4) is 0 Å². The van der Waals surface area contributed by atoms with Crippen LogP contribution in [0.15, 0.2) is 12.4 Å². The lowest BCUT2D eigenvalue weighted by Crippen LogP contribution is -2.27. The third-order valence-corrected chi connectivity index (χ3v) is 2.66. The summed E-state index contributed by atoms with van der Waals surface area (Å²) in [7, 11) is 0. The third kappa shape index (κ3) is 3.77. The molecule has 0 bridgehead atoms. The Bertz CT molecular complexity index is 315. The lowest BCUT2D eigenvalue weighted by Gasteiger charge is -2.22. The molecule has 0 fully saturated rings. The molecule has 16 heavy (non-hydrogen) atoms. The summed E-state index contributed by atoms with van der Waals surface area (Å²) in [5.41, 5.74) is 1.03. The molecule has 0 aliphatic heterocycles. The van der Waals surface area contributed by atoms with Gasteiger partial charge in [0.05, 0.1) is 0 Å². The minimum absolute atomic E-state index is 0.196. The van der Waals surface area contributed by atoms with Gasteiger partial charge in [-0.25, -0.2) is 9.97 Å². The van der Waals surface area contributed by atoms with Crippen LogP contribution in [0.1, 0.15) is 32.9 Å². The summed E-state index contributed by atoms with van der Waals surface area (Å²) < 4.78 is 0. The number of hydrogen-bond donors (Lipinski definition) is 2. The SMILES string of the molecule is CCc1cc(NC(CCO)C(C)C)ncn1. The minimum Gasteiger partial charge on any atom is -0.396 e. The fraction of sp³-hybridized carbons (Fsp3) is 0.667. The molecule has 1 rings (SSSR count). The van der Waals surface area contributed by atoms with Crippen molar-refractivity contribution in [2.24, 2.45) is 5.92 Å². The van der Waals surface area contributed by atoms with Crippen LogP contribution >= 0.6 is 0 Å². The number of aryl methyl sites for hydroxylation is 1. The summed E-state index contributed by atoms with van der Waals surface area (Å²) in [6, 6.07) is 2.22. The zero-order valence-electron chi connectivity index (χ0n) is 10.3. The first-order valence-electron chi connectivity index (χ1n) is 5.85. The van der Waals surface area contributed by atoms with E-state index in [1.54, 1.807) is 6.33 Å². The summed E-state index contributed by atoms with van der Waals surface area (Å²) >= 11 is 0. The molecule has 4 nitrogen and oxygen atoms in total. The van der Waals surface area contributed by atoms with E-state index in [0.29, 0.717) is 5.92 Å². The highest BCUT2D eigenvalue weighted by Gasteiger charge is 2.13. The number of aliphatic hydroxyl groups excluding tert-OH is 1. The third-order valence-electron chi connectivity index (χ3n) is 2.66. The van der Waals surface area contributed by atoms with Gasteiger partial charge in [-0.15, -0.1) is 0 Å². The Balaban J connectivity index is 2.68. The summed E-state index contributed by atoms with van der Waals surface area (Å²) in [5, 5.41) is 12.3. The Morgan fingerprint density at radius 2 is 2.12 bits per heavy atom. The van der Waals surface area contributed by atoms with Crippen LogP contribution in [0.25, 0.3) is 0 Å². The molecule has 0 aliphatic carbocycles. The van der Waals surface area contributed by atoms with Crippen molar-refractivity contribution in [2.45, 2.75) is 39.7 Å². The molecule has 0 saturated heterocycles. The van der Waals surface area contributed by atoms with Gasteiger partial charge in [-0.1, -0.05) is 20.8 Å². The predicted molar refractivity (Wildman–Crippen MR) is 65.4 cm³/mol. The zero-order valence-corrected chi connectivity index (χ0v) is 10.3. The molecule has 0 saturated carbocycles. The monoisotopic (exact) mass is 223 g/mol. The highest BCUT2D eigenvalue weighted by molar-refractivity contribution is 5.36. The van der Waals surface area contributed by atoms with Gasteiger partial charge in [0, 0.05) is 24.4 Å². The first kappa shape index (κ1) is 12.9. The Kier molecular flexibility index (Phi) is 5.19. The van der Waals surface area contributed by atoms with E-state index in [1.165, 1.54) is 0 Å². The van der Waals surface area contributed by atoms with Crippen LogP contribution in [0.4, 0.5) is 5.82 Å². The van der Waals surface area contributed by atoms with Crippen molar-refractivity contribution in [3.05, 3.63) is 18.1 Å². The van der Waals surface area contributed by atoms with E-state index >= 15 is 0 Å². The van der Waals surface area contributed by atoms with E-state index in [2.05, 4.69) is 36.1 Å². The number of hydrogen-bond acceptors (Lipinski definition) is 4. The largest absolute Gasteiger partial charge is 0.396 e. The van der Waals surface area contributed by atoms with Gasteiger partial charge in [-0.2, -0.15) is 0 Å². The van der Waals surface area contributed by atoms with Gasteiger partial charge in [-0.05, 0) is 18.8 Å². The number of rotatable bonds is 6.